The maximum atomic E-state index is 2.47. The van der Waals surface area contributed by atoms with Gasteiger partial charge in [-0.1, -0.05) is 172 Å². The van der Waals surface area contributed by atoms with Gasteiger partial charge in [-0.05, 0) is 67.8 Å². The maximum Gasteiger partial charge on any atom is 0.179 e. The zero-order valence-electron chi connectivity index (χ0n) is 26.8. The topological polar surface area (TPSA) is 3.24 Å². The van der Waals surface area contributed by atoms with Gasteiger partial charge in [-0.15, -0.1) is 0 Å². The Morgan fingerprint density at radius 2 is 0.851 bits per heavy atom. The lowest BCUT2D eigenvalue weighted by atomic mass is 9.82. The summed E-state index contributed by atoms with van der Waals surface area (Å²) in [6.45, 7) is 4.71. The van der Waals surface area contributed by atoms with Crippen molar-refractivity contribution in [1.82, 2.24) is 0 Å². The normalized spacial score (nSPS) is 13.1. The molecule has 1 aliphatic carbocycles. The van der Waals surface area contributed by atoms with E-state index in [0.29, 0.717) is 0 Å². The Hall–Kier alpha value is -5.44. The number of para-hydroxylation sites is 1. The monoisotopic (exact) mass is 619 g/mol. The Morgan fingerprint density at radius 1 is 0.404 bits per heavy atom. The van der Waals surface area contributed by atoms with Gasteiger partial charge < -0.3 is 4.90 Å². The minimum Gasteiger partial charge on any atom is -0.310 e. The number of rotatable bonds is 7. The van der Waals surface area contributed by atoms with Gasteiger partial charge >= 0.3 is 0 Å². The van der Waals surface area contributed by atoms with Gasteiger partial charge in [-0.2, -0.15) is 0 Å². The fourth-order valence-corrected chi connectivity index (χ4v) is 12.7. The summed E-state index contributed by atoms with van der Waals surface area (Å²) in [5.74, 6) is 0. The summed E-state index contributed by atoms with van der Waals surface area (Å²) in [7, 11) is -2.71. The molecule has 0 aromatic heterocycles. The molecule has 0 radical (unpaired) electrons. The Morgan fingerprint density at radius 3 is 1.45 bits per heavy atom. The van der Waals surface area contributed by atoms with E-state index in [0.717, 1.165) is 11.4 Å². The van der Waals surface area contributed by atoms with E-state index in [-0.39, 0.29) is 5.41 Å². The largest absolute Gasteiger partial charge is 0.310 e. The molecule has 226 valence electrons. The molecule has 0 fully saturated rings. The molecule has 1 nitrogen and oxygen atoms in total. The molecule has 0 saturated carbocycles. The third-order valence-corrected chi connectivity index (χ3v) is 14.8. The minimum absolute atomic E-state index is 0.0812. The highest BCUT2D eigenvalue weighted by Crippen LogP contribution is 2.53. The molecule has 0 unspecified atom stereocenters. The van der Waals surface area contributed by atoms with Crippen molar-refractivity contribution in [3.05, 3.63) is 199 Å². The van der Waals surface area contributed by atoms with Crippen LogP contribution in [0.2, 0.25) is 0 Å². The molecule has 0 heterocycles. The van der Waals surface area contributed by atoms with E-state index in [1.807, 2.05) is 0 Å². The summed E-state index contributed by atoms with van der Waals surface area (Å²) in [5.41, 5.74) is 8.82. The molecule has 2 heteroatoms. The van der Waals surface area contributed by atoms with E-state index < -0.39 is 8.07 Å². The van der Waals surface area contributed by atoms with Gasteiger partial charge in [-0.3, -0.25) is 0 Å². The number of nitrogens with zero attached hydrogens (tertiary/aromatic N) is 1. The molecule has 7 aromatic rings. The van der Waals surface area contributed by atoms with Gasteiger partial charge in [0.2, 0.25) is 0 Å². The van der Waals surface area contributed by atoms with Crippen molar-refractivity contribution < 1.29 is 0 Å². The molecular weight excluding hydrogens is 583 g/mol. The predicted molar refractivity (Wildman–Crippen MR) is 202 cm³/mol. The van der Waals surface area contributed by atoms with Crippen molar-refractivity contribution in [2.75, 3.05) is 4.90 Å². The van der Waals surface area contributed by atoms with E-state index in [1.54, 1.807) is 0 Å². The Labute approximate surface area is 279 Å². The number of hydrogen-bond acceptors (Lipinski definition) is 1. The van der Waals surface area contributed by atoms with Crippen molar-refractivity contribution in [3.8, 4) is 11.1 Å². The molecule has 0 spiro atoms. The number of hydrogen-bond donors (Lipinski definition) is 0. The molecule has 1 aliphatic rings. The summed E-state index contributed by atoms with van der Waals surface area (Å²) in [6, 6.07) is 69.5. The molecular formula is C45H37NSi. The zero-order valence-corrected chi connectivity index (χ0v) is 27.8. The molecule has 0 saturated heterocycles. The third kappa shape index (κ3) is 4.68. The summed E-state index contributed by atoms with van der Waals surface area (Å²) >= 11 is 0. The first kappa shape index (κ1) is 29.0. The van der Waals surface area contributed by atoms with Crippen LogP contribution in [0.5, 0.6) is 0 Å². The minimum atomic E-state index is -2.71. The Bertz CT molecular complexity index is 2060. The van der Waals surface area contributed by atoms with Crippen LogP contribution in [0.3, 0.4) is 0 Å². The summed E-state index contributed by atoms with van der Waals surface area (Å²) in [5, 5.41) is 5.47. The van der Waals surface area contributed by atoms with E-state index >= 15 is 0 Å². The van der Waals surface area contributed by atoms with Crippen LogP contribution in [0.4, 0.5) is 17.1 Å². The van der Waals surface area contributed by atoms with Gasteiger partial charge in [0.05, 0.1) is 5.69 Å². The van der Waals surface area contributed by atoms with Crippen molar-refractivity contribution in [2.45, 2.75) is 19.3 Å². The lowest BCUT2D eigenvalue weighted by Crippen LogP contribution is -2.74. The van der Waals surface area contributed by atoms with Gasteiger partial charge in [0, 0.05) is 22.4 Å². The molecule has 0 atom stereocenters. The van der Waals surface area contributed by atoms with Crippen LogP contribution in [-0.2, 0) is 5.41 Å². The molecule has 8 rings (SSSR count). The fourth-order valence-electron chi connectivity index (χ4n) is 7.87. The van der Waals surface area contributed by atoms with Crippen LogP contribution in [0.15, 0.2) is 188 Å². The summed E-state index contributed by atoms with van der Waals surface area (Å²) < 4.78 is 0. The molecule has 0 aliphatic heterocycles. The summed E-state index contributed by atoms with van der Waals surface area (Å²) in [4.78, 5) is 2.47. The van der Waals surface area contributed by atoms with E-state index in [2.05, 4.69) is 207 Å². The second-order valence-electron chi connectivity index (χ2n) is 12.9. The maximum absolute atomic E-state index is 2.71. The van der Waals surface area contributed by atoms with Crippen LogP contribution in [0, 0.1) is 0 Å². The van der Waals surface area contributed by atoms with Gasteiger partial charge in [0.25, 0.3) is 0 Å². The Balaban J connectivity index is 1.42. The molecule has 0 amide bonds. The lowest BCUT2D eigenvalue weighted by molar-refractivity contribution is 0.660. The van der Waals surface area contributed by atoms with Crippen molar-refractivity contribution in [3.63, 3.8) is 0 Å². The molecule has 7 aromatic carbocycles. The number of fused-ring (bicyclic) bond motifs is 3. The van der Waals surface area contributed by atoms with Crippen molar-refractivity contribution in [2.24, 2.45) is 0 Å². The van der Waals surface area contributed by atoms with Crippen LogP contribution < -0.4 is 25.6 Å². The summed E-state index contributed by atoms with van der Waals surface area (Å²) in [6.07, 6.45) is 0. The van der Waals surface area contributed by atoms with Gasteiger partial charge in [0.15, 0.2) is 8.07 Å². The van der Waals surface area contributed by atoms with Crippen molar-refractivity contribution in [1.29, 1.82) is 0 Å². The smallest absolute Gasteiger partial charge is 0.179 e. The fraction of sp³-hybridized carbons (Fsp3) is 0.0667. The highest BCUT2D eigenvalue weighted by atomic mass is 28.3. The molecule has 0 N–H and O–H groups in total. The average molecular weight is 620 g/mol. The molecule has 47 heavy (non-hydrogen) atoms. The molecule has 0 bridgehead atoms. The first-order valence-electron chi connectivity index (χ1n) is 16.5. The second-order valence-corrected chi connectivity index (χ2v) is 16.7. The predicted octanol–water partition coefficient (Wildman–Crippen LogP) is 8.84. The van der Waals surface area contributed by atoms with Gasteiger partial charge in [-0.25, -0.2) is 0 Å². The van der Waals surface area contributed by atoms with Crippen molar-refractivity contribution >= 4 is 45.9 Å². The lowest BCUT2D eigenvalue weighted by Gasteiger charge is -2.36. The number of benzene rings is 7. The average Bonchev–Trinajstić information content (AvgIpc) is 3.38. The third-order valence-electron chi connectivity index (χ3n) is 10.00. The second kappa shape index (κ2) is 11.7. The Kier molecular flexibility index (Phi) is 7.23. The first-order chi connectivity index (χ1) is 23.1. The van der Waals surface area contributed by atoms with Crippen LogP contribution in [0.1, 0.15) is 25.0 Å². The highest BCUT2D eigenvalue weighted by molar-refractivity contribution is 7.19. The van der Waals surface area contributed by atoms with E-state index in [9.17, 15) is 0 Å². The standard InChI is InChI=1S/C45H37NSi/c1-45(2)41-30-16-15-29-40(41)44-42(45)31-18-32-43(44)46(34-19-7-3-8-20-34)35-21-17-28-39(33-35)47(36-22-9-4-10-23-36,37-24-11-5-12-25-37)38-26-13-6-14-27-38/h3-33H,1-2H3. The van der Waals surface area contributed by atoms with E-state index in [4.69, 9.17) is 0 Å². The quantitative estimate of drug-likeness (QED) is 0.127. The highest BCUT2D eigenvalue weighted by Gasteiger charge is 2.42. The van der Waals surface area contributed by atoms with Crippen LogP contribution >= 0.6 is 0 Å². The first-order valence-corrected chi connectivity index (χ1v) is 18.5. The van der Waals surface area contributed by atoms with Crippen LogP contribution in [-0.4, -0.2) is 8.07 Å². The zero-order chi connectivity index (χ0) is 31.8. The van der Waals surface area contributed by atoms with Gasteiger partial charge in [0.1, 0.15) is 0 Å². The van der Waals surface area contributed by atoms with Crippen LogP contribution in [0.25, 0.3) is 11.1 Å². The SMILES string of the molecule is CC1(C)c2ccccc2-c2c(N(c3ccccc3)c3cccc([Si](c4ccccc4)(c4ccccc4)c4ccccc4)c3)cccc21. The van der Waals surface area contributed by atoms with E-state index in [1.165, 1.54) is 48.7 Å². The number of anilines is 3.